The summed E-state index contributed by atoms with van der Waals surface area (Å²) in [5, 5.41) is 9.00. The minimum absolute atomic E-state index is 0.0693. The van der Waals surface area contributed by atoms with E-state index in [-0.39, 0.29) is 16.7 Å². The van der Waals surface area contributed by atoms with Crippen LogP contribution >= 0.6 is 11.6 Å². The number of ether oxygens (including phenoxy) is 1. The van der Waals surface area contributed by atoms with E-state index in [1.54, 1.807) is 13.0 Å². The summed E-state index contributed by atoms with van der Waals surface area (Å²) < 4.78 is 18.9. The number of morpholine rings is 1. The first kappa shape index (κ1) is 15.7. The predicted molar refractivity (Wildman–Crippen MR) is 74.9 cm³/mol. The zero-order chi connectivity index (χ0) is 15.6. The number of halogens is 2. The quantitative estimate of drug-likeness (QED) is 0.915. The van der Waals surface area contributed by atoms with Gasteiger partial charge in [-0.2, -0.15) is 5.26 Å². The van der Waals surface area contributed by atoms with E-state index in [0.717, 1.165) is 0 Å². The second-order valence-corrected chi connectivity index (χ2v) is 5.28. The van der Waals surface area contributed by atoms with Crippen molar-refractivity contribution in [1.82, 2.24) is 4.90 Å². The van der Waals surface area contributed by atoms with Crippen LogP contribution in [-0.4, -0.2) is 36.1 Å². The highest BCUT2D eigenvalue weighted by molar-refractivity contribution is 6.32. The highest BCUT2D eigenvalue weighted by Crippen LogP contribution is 2.26. The van der Waals surface area contributed by atoms with Crippen molar-refractivity contribution >= 4 is 17.5 Å². The van der Waals surface area contributed by atoms with Gasteiger partial charge >= 0.3 is 0 Å². The molecule has 1 aliphatic rings. The van der Waals surface area contributed by atoms with Crippen LogP contribution in [0, 0.1) is 17.1 Å². The molecule has 2 N–H and O–H groups in total. The number of carbonyl (C=O) groups is 1. The molecule has 1 saturated heterocycles. The summed E-state index contributed by atoms with van der Waals surface area (Å²) in [6.45, 7) is 3.05. The molecule has 2 rings (SSSR count). The molecule has 0 bridgehead atoms. The Morgan fingerprint density at radius 2 is 2.38 bits per heavy atom. The molecule has 1 aliphatic heterocycles. The lowest BCUT2D eigenvalue weighted by Crippen LogP contribution is -2.56. The summed E-state index contributed by atoms with van der Waals surface area (Å²) in [6.07, 6.45) is -0.328. The number of amides is 1. The lowest BCUT2D eigenvalue weighted by molar-refractivity contribution is -0.136. The Balaban J connectivity index is 2.29. The fourth-order valence-electron chi connectivity index (χ4n) is 2.51. The summed E-state index contributed by atoms with van der Waals surface area (Å²) in [6, 6.07) is 3.87. The molecule has 0 aromatic heterocycles. The molecule has 1 amide bonds. The third-order valence-electron chi connectivity index (χ3n) is 3.55. The zero-order valence-corrected chi connectivity index (χ0v) is 12.2. The summed E-state index contributed by atoms with van der Waals surface area (Å²) in [4.78, 5) is 13.4. The van der Waals surface area contributed by atoms with Crippen molar-refractivity contribution < 1.29 is 13.9 Å². The Morgan fingerprint density at radius 3 is 3.00 bits per heavy atom. The molecule has 1 aromatic rings. The van der Waals surface area contributed by atoms with Gasteiger partial charge in [0.1, 0.15) is 23.5 Å². The lowest BCUT2D eigenvalue weighted by Gasteiger charge is -2.38. The summed E-state index contributed by atoms with van der Waals surface area (Å²) in [5.74, 6) is -1.14. The second kappa shape index (κ2) is 6.39. The number of carbonyl (C=O) groups excluding carboxylic acids is 1. The highest BCUT2D eigenvalue weighted by Gasteiger charge is 2.34. The second-order valence-electron chi connectivity index (χ2n) is 4.90. The van der Waals surface area contributed by atoms with Gasteiger partial charge in [-0.05, 0) is 18.6 Å². The van der Waals surface area contributed by atoms with Gasteiger partial charge in [-0.3, -0.25) is 9.69 Å². The van der Waals surface area contributed by atoms with Crippen LogP contribution < -0.4 is 5.73 Å². The molecule has 1 fully saturated rings. The molecular weight excluding hydrogens is 297 g/mol. The molecule has 5 nitrogen and oxygen atoms in total. The Labute approximate surface area is 127 Å². The minimum atomic E-state index is -0.659. The number of hydrogen-bond donors (Lipinski definition) is 1. The van der Waals surface area contributed by atoms with Crippen LogP contribution in [-0.2, 0) is 16.1 Å². The third kappa shape index (κ3) is 3.16. The van der Waals surface area contributed by atoms with E-state index in [2.05, 4.69) is 0 Å². The average Bonchev–Trinajstić information content (AvgIpc) is 2.42. The fourth-order valence-corrected chi connectivity index (χ4v) is 2.77. The van der Waals surface area contributed by atoms with Crippen LogP contribution in [0.3, 0.4) is 0 Å². The molecule has 21 heavy (non-hydrogen) atoms. The van der Waals surface area contributed by atoms with E-state index in [0.29, 0.717) is 25.3 Å². The monoisotopic (exact) mass is 311 g/mol. The van der Waals surface area contributed by atoms with Crippen LogP contribution in [0.5, 0.6) is 0 Å². The molecule has 0 spiro atoms. The van der Waals surface area contributed by atoms with Gasteiger partial charge in [0.15, 0.2) is 0 Å². The number of benzene rings is 1. The van der Waals surface area contributed by atoms with Gasteiger partial charge in [0.05, 0.1) is 17.7 Å². The van der Waals surface area contributed by atoms with Gasteiger partial charge in [-0.1, -0.05) is 17.7 Å². The van der Waals surface area contributed by atoms with Crippen LogP contribution in [0.2, 0.25) is 5.02 Å². The largest absolute Gasteiger partial charge is 0.375 e. The average molecular weight is 312 g/mol. The Hall–Kier alpha value is -1.68. The number of rotatable bonds is 3. The van der Waals surface area contributed by atoms with Crippen molar-refractivity contribution in [2.24, 2.45) is 5.73 Å². The normalized spacial score (nSPS) is 22.8. The van der Waals surface area contributed by atoms with Crippen LogP contribution in [0.25, 0.3) is 0 Å². The standard InChI is InChI=1S/C14H15ClFN3O2/c1-8-13(14(18)20)19(4-5-21-8)7-9-2-3-11(16)10(6-17)12(9)15/h2-3,8,13H,4-5,7H2,1H3,(H2,18,20)/t8-,13+/m1/s1. The van der Waals surface area contributed by atoms with Crippen molar-refractivity contribution in [3.8, 4) is 6.07 Å². The van der Waals surface area contributed by atoms with E-state index in [9.17, 15) is 9.18 Å². The van der Waals surface area contributed by atoms with E-state index in [4.69, 9.17) is 27.3 Å². The fraction of sp³-hybridized carbons (Fsp3) is 0.429. The van der Waals surface area contributed by atoms with Gasteiger partial charge < -0.3 is 10.5 Å². The molecule has 2 atom stereocenters. The van der Waals surface area contributed by atoms with Crippen molar-refractivity contribution in [1.29, 1.82) is 5.26 Å². The van der Waals surface area contributed by atoms with E-state index >= 15 is 0 Å². The molecule has 0 saturated carbocycles. The number of nitrogens with zero attached hydrogens (tertiary/aromatic N) is 2. The first-order valence-corrected chi connectivity index (χ1v) is 6.85. The van der Waals surface area contributed by atoms with E-state index in [1.165, 1.54) is 12.1 Å². The van der Waals surface area contributed by atoms with Gasteiger partial charge in [-0.25, -0.2) is 4.39 Å². The van der Waals surface area contributed by atoms with Gasteiger partial charge in [0.25, 0.3) is 0 Å². The Kier molecular flexibility index (Phi) is 4.78. The smallest absolute Gasteiger partial charge is 0.237 e. The van der Waals surface area contributed by atoms with Crippen LogP contribution in [0.4, 0.5) is 4.39 Å². The maximum atomic E-state index is 13.5. The molecule has 0 unspecified atom stereocenters. The van der Waals surface area contributed by atoms with Crippen molar-refractivity contribution in [2.75, 3.05) is 13.2 Å². The topological polar surface area (TPSA) is 79.3 Å². The molecule has 0 aliphatic carbocycles. The summed E-state index contributed by atoms with van der Waals surface area (Å²) in [5.41, 5.74) is 5.80. The predicted octanol–water partition coefficient (Wildman–Crippen LogP) is 1.43. The number of nitriles is 1. The van der Waals surface area contributed by atoms with Crippen molar-refractivity contribution in [3.05, 3.63) is 34.1 Å². The maximum absolute atomic E-state index is 13.5. The SMILES string of the molecule is C[C@H]1OCCN(Cc2ccc(F)c(C#N)c2Cl)[C@@H]1C(N)=O. The third-order valence-corrected chi connectivity index (χ3v) is 3.98. The van der Waals surface area contributed by atoms with Crippen molar-refractivity contribution in [2.45, 2.75) is 25.6 Å². The molecule has 0 radical (unpaired) electrons. The lowest BCUT2D eigenvalue weighted by atomic mass is 10.1. The molecule has 1 heterocycles. The molecular formula is C14H15ClFN3O2. The maximum Gasteiger partial charge on any atom is 0.237 e. The minimum Gasteiger partial charge on any atom is -0.375 e. The first-order valence-electron chi connectivity index (χ1n) is 6.47. The van der Waals surface area contributed by atoms with Gasteiger partial charge in [0, 0.05) is 13.1 Å². The summed E-state index contributed by atoms with van der Waals surface area (Å²) in [7, 11) is 0. The number of hydrogen-bond acceptors (Lipinski definition) is 4. The van der Waals surface area contributed by atoms with E-state index < -0.39 is 17.8 Å². The van der Waals surface area contributed by atoms with E-state index in [1.807, 2.05) is 4.90 Å². The van der Waals surface area contributed by atoms with Crippen LogP contribution in [0.1, 0.15) is 18.1 Å². The number of primary amides is 1. The first-order chi connectivity index (χ1) is 9.95. The Morgan fingerprint density at radius 1 is 1.67 bits per heavy atom. The highest BCUT2D eigenvalue weighted by atomic mass is 35.5. The van der Waals surface area contributed by atoms with Gasteiger partial charge in [-0.15, -0.1) is 0 Å². The summed E-state index contributed by atoms with van der Waals surface area (Å²) >= 11 is 6.06. The molecule has 7 heteroatoms. The van der Waals surface area contributed by atoms with Crippen molar-refractivity contribution in [3.63, 3.8) is 0 Å². The molecule has 1 aromatic carbocycles. The van der Waals surface area contributed by atoms with Crippen LogP contribution in [0.15, 0.2) is 12.1 Å². The van der Waals surface area contributed by atoms with Gasteiger partial charge in [0.2, 0.25) is 5.91 Å². The zero-order valence-electron chi connectivity index (χ0n) is 11.5. The molecule has 112 valence electrons. The number of nitrogens with two attached hydrogens (primary N) is 1. The Bertz CT molecular complexity index is 603.